The number of urea groups is 1. The lowest BCUT2D eigenvalue weighted by Gasteiger charge is -2.11. The summed E-state index contributed by atoms with van der Waals surface area (Å²) in [5.41, 5.74) is 1.69. The maximum atomic E-state index is 12.7. The molecule has 2 aliphatic carbocycles. The number of carbonyl (C=O) groups is 1. The van der Waals surface area contributed by atoms with Crippen LogP contribution in [0.1, 0.15) is 54.5 Å². The lowest BCUT2D eigenvalue weighted by Crippen LogP contribution is -2.32. The number of halogens is 3. The molecule has 2 aliphatic rings. The lowest BCUT2D eigenvalue weighted by atomic mass is 10.2. The van der Waals surface area contributed by atoms with Gasteiger partial charge in [0, 0.05) is 29.8 Å². The molecule has 2 fully saturated rings. The molecule has 0 bridgehead atoms. The summed E-state index contributed by atoms with van der Waals surface area (Å²) in [5.74, 6) is 1.16. The normalized spacial score (nSPS) is 17.0. The van der Waals surface area contributed by atoms with E-state index in [1.165, 1.54) is 43.5 Å². The Kier molecular flexibility index (Phi) is 4.57. The molecule has 2 aromatic rings. The fourth-order valence-corrected chi connectivity index (χ4v) is 3.14. The van der Waals surface area contributed by atoms with E-state index in [1.54, 1.807) is 0 Å². The molecule has 0 unspecified atom stereocenters. The minimum absolute atomic E-state index is 0.108. The predicted molar refractivity (Wildman–Crippen MR) is 94.6 cm³/mol. The highest BCUT2D eigenvalue weighted by Crippen LogP contribution is 2.44. The number of aromatic nitrogens is 2. The maximum absolute atomic E-state index is 12.7. The molecule has 2 saturated carbocycles. The fourth-order valence-electron chi connectivity index (χ4n) is 3.14. The molecule has 2 amide bonds. The highest BCUT2D eigenvalue weighted by atomic mass is 19.4. The predicted octanol–water partition coefficient (Wildman–Crippen LogP) is 4.48. The van der Waals surface area contributed by atoms with Crippen molar-refractivity contribution in [2.75, 3.05) is 11.9 Å². The zero-order valence-corrected chi connectivity index (χ0v) is 14.7. The summed E-state index contributed by atoms with van der Waals surface area (Å²) in [5, 5.41) is 9.80. The topological polar surface area (TPSA) is 59.0 Å². The second-order valence-corrected chi connectivity index (χ2v) is 7.23. The van der Waals surface area contributed by atoms with Crippen LogP contribution >= 0.6 is 0 Å². The molecule has 0 spiro atoms. The largest absolute Gasteiger partial charge is 0.416 e. The number of benzene rings is 1. The van der Waals surface area contributed by atoms with Crippen LogP contribution in [0.5, 0.6) is 0 Å². The molecular formula is C19H21F3N4O. The summed E-state index contributed by atoms with van der Waals surface area (Å²) in [6.07, 6.45) is 0.308. The Balaban J connectivity index is 1.31. The van der Waals surface area contributed by atoms with Crippen molar-refractivity contribution in [2.24, 2.45) is 0 Å². The lowest BCUT2D eigenvalue weighted by molar-refractivity contribution is -0.137. The van der Waals surface area contributed by atoms with Gasteiger partial charge in [0.05, 0.1) is 17.8 Å². The SMILES string of the molecule is O=C(NCCn1nc(C2CC2)cc1C1CC1)Nc1cccc(C(F)(F)F)c1. The van der Waals surface area contributed by atoms with Gasteiger partial charge in [0.1, 0.15) is 0 Å². The van der Waals surface area contributed by atoms with Gasteiger partial charge in [0.15, 0.2) is 0 Å². The molecule has 4 rings (SSSR count). The molecule has 8 heteroatoms. The van der Waals surface area contributed by atoms with Crippen LogP contribution in [0.25, 0.3) is 0 Å². The van der Waals surface area contributed by atoms with Gasteiger partial charge in [0.2, 0.25) is 0 Å². The monoisotopic (exact) mass is 378 g/mol. The molecule has 5 nitrogen and oxygen atoms in total. The van der Waals surface area contributed by atoms with Crippen LogP contribution in [0.2, 0.25) is 0 Å². The summed E-state index contributed by atoms with van der Waals surface area (Å²) in [6, 6.07) is 6.24. The summed E-state index contributed by atoms with van der Waals surface area (Å²) < 4.78 is 40.2. The average Bonchev–Trinajstić information content (AvgIpc) is 3.53. The smallest absolute Gasteiger partial charge is 0.336 e. The minimum atomic E-state index is -4.44. The second kappa shape index (κ2) is 6.90. The van der Waals surface area contributed by atoms with Gasteiger partial charge >= 0.3 is 12.2 Å². The Labute approximate surface area is 154 Å². The van der Waals surface area contributed by atoms with E-state index in [0.29, 0.717) is 24.9 Å². The average molecular weight is 378 g/mol. The van der Waals surface area contributed by atoms with Gasteiger partial charge in [-0.1, -0.05) is 6.07 Å². The van der Waals surface area contributed by atoms with Crippen LogP contribution in [-0.4, -0.2) is 22.4 Å². The van der Waals surface area contributed by atoms with Crippen molar-refractivity contribution in [3.8, 4) is 0 Å². The second-order valence-electron chi connectivity index (χ2n) is 7.23. The number of carbonyl (C=O) groups excluding carboxylic acids is 1. The van der Waals surface area contributed by atoms with Crippen LogP contribution in [0.15, 0.2) is 30.3 Å². The van der Waals surface area contributed by atoms with Crippen LogP contribution in [0, 0.1) is 0 Å². The van der Waals surface area contributed by atoms with Crippen LogP contribution < -0.4 is 10.6 Å². The van der Waals surface area contributed by atoms with Gasteiger partial charge in [-0.15, -0.1) is 0 Å². The minimum Gasteiger partial charge on any atom is -0.336 e. The van der Waals surface area contributed by atoms with E-state index in [1.807, 2.05) is 4.68 Å². The molecule has 0 atom stereocenters. The summed E-state index contributed by atoms with van der Waals surface area (Å²) in [4.78, 5) is 12.0. The molecule has 0 radical (unpaired) electrons. The van der Waals surface area contributed by atoms with Crippen LogP contribution in [-0.2, 0) is 12.7 Å². The number of hydrogen-bond acceptors (Lipinski definition) is 2. The maximum Gasteiger partial charge on any atom is 0.416 e. The van der Waals surface area contributed by atoms with Crippen molar-refractivity contribution in [1.29, 1.82) is 0 Å². The van der Waals surface area contributed by atoms with Gasteiger partial charge in [-0.25, -0.2) is 4.79 Å². The van der Waals surface area contributed by atoms with E-state index in [0.717, 1.165) is 17.8 Å². The van der Waals surface area contributed by atoms with Gasteiger partial charge in [-0.2, -0.15) is 18.3 Å². The number of anilines is 1. The van der Waals surface area contributed by atoms with Crippen molar-refractivity contribution in [2.45, 2.75) is 50.2 Å². The molecule has 27 heavy (non-hydrogen) atoms. The Hall–Kier alpha value is -2.51. The first-order valence-corrected chi connectivity index (χ1v) is 9.20. The van der Waals surface area contributed by atoms with Gasteiger partial charge in [-0.05, 0) is 49.9 Å². The first-order chi connectivity index (χ1) is 12.9. The summed E-state index contributed by atoms with van der Waals surface area (Å²) in [7, 11) is 0. The summed E-state index contributed by atoms with van der Waals surface area (Å²) >= 11 is 0. The molecule has 1 aromatic heterocycles. The summed E-state index contributed by atoms with van der Waals surface area (Å²) in [6.45, 7) is 0.908. The standard InChI is InChI=1S/C19H21F3N4O/c20-19(21,22)14-2-1-3-15(10-14)24-18(27)23-8-9-26-17(13-6-7-13)11-16(25-26)12-4-5-12/h1-3,10-13H,4-9H2,(H2,23,24,27). The third-order valence-electron chi connectivity index (χ3n) is 4.88. The number of rotatable bonds is 6. The van der Waals surface area contributed by atoms with Gasteiger partial charge < -0.3 is 10.6 Å². The van der Waals surface area contributed by atoms with Gasteiger partial charge in [0.25, 0.3) is 0 Å². The van der Waals surface area contributed by atoms with E-state index in [-0.39, 0.29) is 5.69 Å². The number of amides is 2. The molecule has 144 valence electrons. The van der Waals surface area contributed by atoms with E-state index in [9.17, 15) is 18.0 Å². The first-order valence-electron chi connectivity index (χ1n) is 9.20. The fraction of sp³-hybridized carbons (Fsp3) is 0.474. The van der Waals surface area contributed by atoms with Crippen molar-refractivity contribution in [3.63, 3.8) is 0 Å². The van der Waals surface area contributed by atoms with Gasteiger partial charge in [-0.3, -0.25) is 4.68 Å². The van der Waals surface area contributed by atoms with Crippen LogP contribution in [0.3, 0.4) is 0 Å². The molecule has 2 N–H and O–H groups in total. The highest BCUT2D eigenvalue weighted by Gasteiger charge is 2.32. The zero-order chi connectivity index (χ0) is 19.0. The Morgan fingerprint density at radius 3 is 2.56 bits per heavy atom. The van der Waals surface area contributed by atoms with Crippen molar-refractivity contribution < 1.29 is 18.0 Å². The molecule has 0 aliphatic heterocycles. The van der Waals surface area contributed by atoms with E-state index >= 15 is 0 Å². The quantitative estimate of drug-likeness (QED) is 0.779. The third-order valence-corrected chi connectivity index (χ3v) is 4.88. The molecular weight excluding hydrogens is 357 g/mol. The Morgan fingerprint density at radius 2 is 1.89 bits per heavy atom. The number of hydrogen-bond donors (Lipinski definition) is 2. The van der Waals surface area contributed by atoms with E-state index < -0.39 is 17.8 Å². The van der Waals surface area contributed by atoms with E-state index in [2.05, 4.69) is 21.8 Å². The number of nitrogens with zero attached hydrogens (tertiary/aromatic N) is 2. The van der Waals surface area contributed by atoms with Crippen molar-refractivity contribution in [3.05, 3.63) is 47.3 Å². The Bertz CT molecular complexity index is 838. The Morgan fingerprint density at radius 1 is 1.15 bits per heavy atom. The number of alkyl halides is 3. The zero-order valence-electron chi connectivity index (χ0n) is 14.7. The third kappa shape index (κ3) is 4.43. The molecule has 1 aromatic carbocycles. The van der Waals surface area contributed by atoms with Crippen molar-refractivity contribution >= 4 is 11.7 Å². The molecule has 0 saturated heterocycles. The first kappa shape index (κ1) is 17.9. The highest BCUT2D eigenvalue weighted by molar-refractivity contribution is 5.89. The van der Waals surface area contributed by atoms with E-state index in [4.69, 9.17) is 0 Å². The molecule has 1 heterocycles. The van der Waals surface area contributed by atoms with Crippen LogP contribution in [0.4, 0.5) is 23.7 Å². The van der Waals surface area contributed by atoms with Crippen molar-refractivity contribution in [1.82, 2.24) is 15.1 Å². The number of nitrogens with one attached hydrogen (secondary N) is 2.